The third-order valence-electron chi connectivity index (χ3n) is 3.45. The Balaban J connectivity index is 0.00000288. The van der Waals surface area contributed by atoms with Gasteiger partial charge in [0.25, 0.3) is 0 Å². The lowest BCUT2D eigenvalue weighted by molar-refractivity contribution is -0.139. The molecule has 0 bridgehead atoms. The van der Waals surface area contributed by atoms with Crippen molar-refractivity contribution in [2.24, 2.45) is 0 Å². The van der Waals surface area contributed by atoms with Gasteiger partial charge in [0.2, 0.25) is 0 Å². The van der Waals surface area contributed by atoms with E-state index in [1.807, 2.05) is 24.3 Å². The van der Waals surface area contributed by atoms with Crippen molar-refractivity contribution in [3.8, 4) is 0 Å². The van der Waals surface area contributed by atoms with Gasteiger partial charge in [0.1, 0.15) is 0 Å². The van der Waals surface area contributed by atoms with Crippen LogP contribution in [0.4, 0.5) is 0 Å². The SMILES string of the molecule is CCCSc1ncc(CC(=O)OC)n1CCc1ccccc1Cl.Cl. The molecular weight excluding hydrogens is 367 g/mol. The highest BCUT2D eigenvalue weighted by atomic mass is 35.5. The largest absolute Gasteiger partial charge is 0.469 e. The zero-order valence-corrected chi connectivity index (χ0v) is 16.2. The first-order valence-corrected chi connectivity index (χ1v) is 8.99. The summed E-state index contributed by atoms with van der Waals surface area (Å²) in [5.41, 5.74) is 1.97. The lowest BCUT2D eigenvalue weighted by Gasteiger charge is -2.12. The Labute approximate surface area is 158 Å². The monoisotopic (exact) mass is 388 g/mol. The Kier molecular flexibility index (Phi) is 9.26. The van der Waals surface area contributed by atoms with Crippen LogP contribution in [0.25, 0.3) is 0 Å². The highest BCUT2D eigenvalue weighted by Gasteiger charge is 2.14. The van der Waals surface area contributed by atoms with E-state index in [1.165, 1.54) is 7.11 Å². The molecule has 4 nitrogen and oxygen atoms in total. The minimum atomic E-state index is -0.254. The highest BCUT2D eigenvalue weighted by molar-refractivity contribution is 7.99. The summed E-state index contributed by atoms with van der Waals surface area (Å²) in [6.45, 7) is 2.88. The van der Waals surface area contributed by atoms with Crippen molar-refractivity contribution in [1.82, 2.24) is 9.55 Å². The minimum absolute atomic E-state index is 0. The number of aromatic nitrogens is 2. The van der Waals surface area contributed by atoms with Crippen molar-refractivity contribution in [3.63, 3.8) is 0 Å². The van der Waals surface area contributed by atoms with Crippen LogP contribution >= 0.6 is 35.8 Å². The first-order chi connectivity index (χ1) is 11.2. The van der Waals surface area contributed by atoms with E-state index in [1.54, 1.807) is 18.0 Å². The van der Waals surface area contributed by atoms with E-state index in [0.29, 0.717) is 0 Å². The van der Waals surface area contributed by atoms with Gasteiger partial charge >= 0.3 is 5.97 Å². The molecule has 0 radical (unpaired) electrons. The van der Waals surface area contributed by atoms with Crippen molar-refractivity contribution >= 4 is 41.7 Å². The predicted molar refractivity (Wildman–Crippen MR) is 101 cm³/mol. The minimum Gasteiger partial charge on any atom is -0.469 e. The summed E-state index contributed by atoms with van der Waals surface area (Å²) < 4.78 is 6.87. The number of halogens is 2. The third-order valence-corrected chi connectivity index (χ3v) is 5.02. The fourth-order valence-electron chi connectivity index (χ4n) is 2.23. The van der Waals surface area contributed by atoms with E-state index in [2.05, 4.69) is 16.5 Å². The van der Waals surface area contributed by atoms with Crippen LogP contribution in [0.5, 0.6) is 0 Å². The van der Waals surface area contributed by atoms with Crippen molar-refractivity contribution in [3.05, 3.63) is 46.7 Å². The lowest BCUT2D eigenvalue weighted by Crippen LogP contribution is -2.12. The molecule has 0 aliphatic rings. The molecule has 2 aromatic rings. The molecule has 132 valence electrons. The molecule has 7 heteroatoms. The topological polar surface area (TPSA) is 44.1 Å². The molecule has 0 unspecified atom stereocenters. The number of carbonyl (C=O) groups is 1. The number of benzene rings is 1. The van der Waals surface area contributed by atoms with Gasteiger partial charge in [-0.15, -0.1) is 12.4 Å². The van der Waals surface area contributed by atoms with Gasteiger partial charge in [0.15, 0.2) is 5.16 Å². The second kappa shape index (κ2) is 10.6. The maximum atomic E-state index is 11.6. The van der Waals surface area contributed by atoms with E-state index in [9.17, 15) is 4.79 Å². The Hall–Kier alpha value is -1.17. The summed E-state index contributed by atoms with van der Waals surface area (Å²) in [5.74, 6) is 0.747. The molecule has 1 aromatic carbocycles. The predicted octanol–water partition coefficient (Wildman–Crippen LogP) is 4.42. The van der Waals surface area contributed by atoms with Crippen LogP contribution < -0.4 is 0 Å². The molecule has 0 spiro atoms. The van der Waals surface area contributed by atoms with Gasteiger partial charge in [0.05, 0.1) is 13.5 Å². The molecule has 1 heterocycles. The summed E-state index contributed by atoms with van der Waals surface area (Å²) in [5, 5.41) is 1.71. The maximum Gasteiger partial charge on any atom is 0.311 e. The zero-order valence-electron chi connectivity index (χ0n) is 13.8. The molecule has 0 amide bonds. The Bertz CT molecular complexity index is 662. The number of hydrogen-bond donors (Lipinski definition) is 0. The number of aryl methyl sites for hydroxylation is 1. The second-order valence-corrected chi connectivity index (χ2v) is 6.60. The van der Waals surface area contributed by atoms with E-state index >= 15 is 0 Å². The Morgan fingerprint density at radius 2 is 2.12 bits per heavy atom. The van der Waals surface area contributed by atoms with Crippen LogP contribution in [0.2, 0.25) is 5.02 Å². The lowest BCUT2D eigenvalue weighted by atomic mass is 10.1. The molecule has 0 saturated heterocycles. The number of hydrogen-bond acceptors (Lipinski definition) is 4. The number of carbonyl (C=O) groups excluding carboxylic acids is 1. The number of esters is 1. The van der Waals surface area contributed by atoms with Gasteiger partial charge in [-0.25, -0.2) is 4.98 Å². The molecule has 0 fully saturated rings. The normalized spacial score (nSPS) is 10.3. The summed E-state index contributed by atoms with van der Waals surface area (Å²) in [6.07, 6.45) is 3.87. The standard InChI is InChI=1S/C17H21ClN2O2S.ClH/c1-3-10-23-17-19-12-14(11-16(21)22-2)20(17)9-8-13-6-4-5-7-15(13)18;/h4-7,12H,3,8-11H2,1-2H3;1H. The molecule has 0 N–H and O–H groups in total. The van der Waals surface area contributed by atoms with E-state index < -0.39 is 0 Å². The van der Waals surface area contributed by atoms with Crippen LogP contribution in [0.3, 0.4) is 0 Å². The molecule has 0 aliphatic heterocycles. The van der Waals surface area contributed by atoms with Crippen LogP contribution in [-0.2, 0) is 28.9 Å². The fraction of sp³-hybridized carbons (Fsp3) is 0.412. The van der Waals surface area contributed by atoms with E-state index in [0.717, 1.165) is 46.6 Å². The number of methoxy groups -OCH3 is 1. The number of nitrogens with zero attached hydrogens (tertiary/aromatic N) is 2. The van der Waals surface area contributed by atoms with Gasteiger partial charge < -0.3 is 9.30 Å². The van der Waals surface area contributed by atoms with Crippen LogP contribution in [0.15, 0.2) is 35.6 Å². The van der Waals surface area contributed by atoms with Crippen LogP contribution in [0, 0.1) is 0 Å². The second-order valence-electron chi connectivity index (χ2n) is 5.13. The Morgan fingerprint density at radius 1 is 1.38 bits per heavy atom. The zero-order chi connectivity index (χ0) is 16.7. The number of imidazole rings is 1. The van der Waals surface area contributed by atoms with Gasteiger partial charge in [-0.3, -0.25) is 4.79 Å². The van der Waals surface area contributed by atoms with E-state index in [-0.39, 0.29) is 24.8 Å². The summed E-state index contributed by atoms with van der Waals surface area (Å²) in [7, 11) is 1.40. The van der Waals surface area contributed by atoms with Crippen LogP contribution in [-0.4, -0.2) is 28.4 Å². The fourth-order valence-corrected chi connectivity index (χ4v) is 3.34. The molecule has 0 atom stereocenters. The smallest absolute Gasteiger partial charge is 0.311 e. The van der Waals surface area contributed by atoms with Crippen molar-refractivity contribution in [1.29, 1.82) is 0 Å². The van der Waals surface area contributed by atoms with Gasteiger partial charge in [0, 0.05) is 29.2 Å². The average molecular weight is 389 g/mol. The molecule has 2 rings (SSSR count). The van der Waals surface area contributed by atoms with Gasteiger partial charge in [-0.05, 0) is 24.5 Å². The van der Waals surface area contributed by atoms with Crippen LogP contribution in [0.1, 0.15) is 24.6 Å². The summed E-state index contributed by atoms with van der Waals surface area (Å²) in [4.78, 5) is 16.1. The van der Waals surface area contributed by atoms with Crippen molar-refractivity contribution < 1.29 is 9.53 Å². The molecule has 0 saturated carbocycles. The molecule has 0 aliphatic carbocycles. The van der Waals surface area contributed by atoms with Crippen molar-refractivity contribution in [2.45, 2.75) is 37.9 Å². The highest BCUT2D eigenvalue weighted by Crippen LogP contribution is 2.22. The number of ether oxygens (including phenoxy) is 1. The summed E-state index contributed by atoms with van der Waals surface area (Å²) in [6, 6.07) is 7.83. The first kappa shape index (κ1) is 20.9. The van der Waals surface area contributed by atoms with Gasteiger partial charge in [-0.1, -0.05) is 48.5 Å². The first-order valence-electron chi connectivity index (χ1n) is 7.63. The molecular formula is C17H22Cl2N2O2S. The third kappa shape index (κ3) is 5.72. The molecule has 1 aromatic heterocycles. The number of rotatable bonds is 8. The van der Waals surface area contributed by atoms with Crippen molar-refractivity contribution in [2.75, 3.05) is 12.9 Å². The molecule has 24 heavy (non-hydrogen) atoms. The summed E-state index contributed by atoms with van der Waals surface area (Å²) >= 11 is 7.94. The number of thioether (sulfide) groups is 1. The maximum absolute atomic E-state index is 11.6. The van der Waals surface area contributed by atoms with Gasteiger partial charge in [-0.2, -0.15) is 0 Å². The Morgan fingerprint density at radius 3 is 2.79 bits per heavy atom. The van der Waals surface area contributed by atoms with E-state index in [4.69, 9.17) is 16.3 Å². The average Bonchev–Trinajstić information content (AvgIpc) is 2.93. The quantitative estimate of drug-likeness (QED) is 0.495.